The first-order valence-corrected chi connectivity index (χ1v) is 11.8. The summed E-state index contributed by atoms with van der Waals surface area (Å²) < 4.78 is 27.6. The zero-order valence-electron chi connectivity index (χ0n) is 17.1. The summed E-state index contributed by atoms with van der Waals surface area (Å²) >= 11 is 0. The van der Waals surface area contributed by atoms with Crippen molar-refractivity contribution in [1.82, 2.24) is 15.2 Å². The van der Waals surface area contributed by atoms with E-state index in [1.165, 1.54) is 17.1 Å². The summed E-state index contributed by atoms with van der Waals surface area (Å²) in [5, 5.41) is 0. The topological polar surface area (TPSA) is 78.5 Å². The third kappa shape index (κ3) is 6.43. The van der Waals surface area contributed by atoms with E-state index in [0.29, 0.717) is 0 Å². The van der Waals surface area contributed by atoms with Crippen LogP contribution in [0.15, 0.2) is 77.3 Å². The van der Waals surface area contributed by atoms with Crippen LogP contribution in [-0.4, -0.2) is 25.2 Å². The Morgan fingerprint density at radius 1 is 0.900 bits per heavy atom. The number of carbonyl (C=O) groups excluding carboxylic acids is 1. The molecule has 160 valence electrons. The minimum atomic E-state index is -3.82. The third-order valence-corrected chi connectivity index (χ3v) is 6.86. The summed E-state index contributed by atoms with van der Waals surface area (Å²) in [6.45, 7) is -0.152. The van der Waals surface area contributed by atoms with Gasteiger partial charge in [-0.15, -0.1) is 0 Å². The Morgan fingerprint density at radius 3 is 2.30 bits per heavy atom. The number of hydrogen-bond acceptors (Lipinski definition) is 4. The molecule has 2 aromatic rings. The molecular weight excluding hydrogens is 398 g/mol. The molecule has 0 spiro atoms. The molecule has 1 aliphatic carbocycles. The number of allylic oxidation sites excluding steroid dienone is 2. The normalized spacial score (nSPS) is 15.0. The fourth-order valence-corrected chi connectivity index (χ4v) is 4.81. The minimum Gasteiger partial charge on any atom is -0.303 e. The van der Waals surface area contributed by atoms with E-state index in [1.807, 2.05) is 30.3 Å². The smallest absolute Gasteiger partial charge is 0.253 e. The molecule has 0 radical (unpaired) electrons. The third-order valence-electron chi connectivity index (χ3n) is 5.06. The van der Waals surface area contributed by atoms with Crippen LogP contribution in [0.25, 0.3) is 0 Å². The number of nitrogens with one attached hydrogen (secondary N) is 2. The van der Waals surface area contributed by atoms with Gasteiger partial charge in [-0.05, 0) is 43.4 Å². The summed E-state index contributed by atoms with van der Waals surface area (Å²) in [5.74, 6) is -0.395. The summed E-state index contributed by atoms with van der Waals surface area (Å²) in [7, 11) is -3.82. The molecule has 1 aliphatic rings. The molecule has 1 amide bonds. The molecule has 0 bridgehead atoms. The summed E-state index contributed by atoms with van der Waals surface area (Å²) in [4.78, 5) is 12.8. The van der Waals surface area contributed by atoms with Crippen molar-refractivity contribution in [3.8, 4) is 0 Å². The highest BCUT2D eigenvalue weighted by molar-refractivity contribution is 7.89. The second-order valence-corrected chi connectivity index (χ2v) is 9.37. The molecule has 2 N–H and O–H groups in total. The van der Waals surface area contributed by atoms with Gasteiger partial charge in [0.2, 0.25) is 10.0 Å². The average Bonchev–Trinajstić information content (AvgIpc) is 2.74. The van der Waals surface area contributed by atoms with Gasteiger partial charge >= 0.3 is 0 Å². The Labute approximate surface area is 179 Å². The molecule has 0 heterocycles. The van der Waals surface area contributed by atoms with Crippen LogP contribution < -0.4 is 10.9 Å². The number of carbonyl (C=O) groups is 1. The fourth-order valence-electron chi connectivity index (χ4n) is 3.41. The number of amides is 1. The molecule has 7 heteroatoms. The van der Waals surface area contributed by atoms with Gasteiger partial charge in [-0.1, -0.05) is 67.4 Å². The van der Waals surface area contributed by atoms with Gasteiger partial charge in [-0.2, -0.15) is 4.31 Å². The molecule has 0 saturated heterocycles. The molecular formula is C23H29N3O3S. The monoisotopic (exact) mass is 427 g/mol. The number of hydrogen-bond donors (Lipinski definition) is 2. The Balaban J connectivity index is 1.71. The number of benzene rings is 2. The van der Waals surface area contributed by atoms with Gasteiger partial charge in [0, 0.05) is 12.2 Å². The highest BCUT2D eigenvalue weighted by atomic mass is 32.2. The highest BCUT2D eigenvalue weighted by Crippen LogP contribution is 2.18. The second-order valence-electron chi connectivity index (χ2n) is 7.43. The Bertz CT molecular complexity index is 944. The predicted octanol–water partition coefficient (Wildman–Crippen LogP) is 3.74. The summed E-state index contributed by atoms with van der Waals surface area (Å²) in [5.41, 5.74) is 7.48. The minimum absolute atomic E-state index is 0.119. The van der Waals surface area contributed by atoms with Crippen LogP contribution in [0, 0.1) is 0 Å². The van der Waals surface area contributed by atoms with E-state index in [-0.39, 0.29) is 18.0 Å². The second kappa shape index (κ2) is 10.9. The van der Waals surface area contributed by atoms with Gasteiger partial charge in [0.25, 0.3) is 5.91 Å². The standard InChI is InChI=1S/C23H29N3O3S/c27-23(25-24-21-14-8-2-1-3-9-15-21)19-26(18-20-12-6-4-7-13-20)30(28,29)22-16-10-5-11-17-22/h4-7,10-14,16-17,24H,1-3,8-9,15,18-19H2,(H,25,27). The van der Waals surface area contributed by atoms with Crippen molar-refractivity contribution in [3.63, 3.8) is 0 Å². The van der Waals surface area contributed by atoms with Crippen molar-refractivity contribution < 1.29 is 13.2 Å². The number of rotatable bonds is 8. The van der Waals surface area contributed by atoms with Crippen LogP contribution in [0.3, 0.4) is 0 Å². The Morgan fingerprint density at radius 2 is 1.57 bits per heavy atom. The van der Waals surface area contributed by atoms with E-state index in [4.69, 9.17) is 0 Å². The predicted molar refractivity (Wildman–Crippen MR) is 118 cm³/mol. The molecule has 0 unspecified atom stereocenters. The lowest BCUT2D eigenvalue weighted by molar-refractivity contribution is -0.122. The van der Waals surface area contributed by atoms with Crippen LogP contribution in [-0.2, 0) is 21.4 Å². The zero-order valence-corrected chi connectivity index (χ0v) is 17.9. The molecule has 2 aromatic carbocycles. The van der Waals surface area contributed by atoms with Crippen LogP contribution in [0.4, 0.5) is 0 Å². The Hall–Kier alpha value is -2.64. The van der Waals surface area contributed by atoms with Gasteiger partial charge in [-0.3, -0.25) is 10.2 Å². The maximum Gasteiger partial charge on any atom is 0.253 e. The molecule has 0 fully saturated rings. The number of sulfonamides is 1. The van der Waals surface area contributed by atoms with Crippen molar-refractivity contribution in [2.24, 2.45) is 0 Å². The van der Waals surface area contributed by atoms with Crippen LogP contribution >= 0.6 is 0 Å². The lowest BCUT2D eigenvalue weighted by Crippen LogP contribution is -2.45. The number of nitrogens with zero attached hydrogens (tertiary/aromatic N) is 1. The summed E-state index contributed by atoms with van der Waals surface area (Å²) in [6.07, 6.45) is 8.64. The van der Waals surface area contributed by atoms with Crippen molar-refractivity contribution in [2.45, 2.75) is 50.0 Å². The first-order valence-electron chi connectivity index (χ1n) is 10.4. The van der Waals surface area contributed by atoms with E-state index < -0.39 is 15.9 Å². The van der Waals surface area contributed by atoms with Crippen LogP contribution in [0.2, 0.25) is 0 Å². The molecule has 0 aliphatic heterocycles. The maximum absolute atomic E-state index is 13.2. The molecule has 3 rings (SSSR count). The van der Waals surface area contributed by atoms with Gasteiger partial charge in [0.15, 0.2) is 0 Å². The van der Waals surface area contributed by atoms with Gasteiger partial charge in [0.1, 0.15) is 0 Å². The van der Waals surface area contributed by atoms with E-state index in [1.54, 1.807) is 30.3 Å². The molecule has 30 heavy (non-hydrogen) atoms. The van der Waals surface area contributed by atoms with Crippen molar-refractivity contribution >= 4 is 15.9 Å². The van der Waals surface area contributed by atoms with Gasteiger partial charge in [0.05, 0.1) is 11.4 Å². The fraction of sp³-hybridized carbons (Fsp3) is 0.348. The quantitative estimate of drug-likeness (QED) is 0.629. The van der Waals surface area contributed by atoms with Gasteiger partial charge in [-0.25, -0.2) is 8.42 Å². The highest BCUT2D eigenvalue weighted by Gasteiger charge is 2.26. The Kier molecular flexibility index (Phi) is 8.04. The molecule has 0 aromatic heterocycles. The largest absolute Gasteiger partial charge is 0.303 e. The average molecular weight is 428 g/mol. The van der Waals surface area contributed by atoms with Crippen molar-refractivity contribution in [2.75, 3.05) is 6.54 Å². The van der Waals surface area contributed by atoms with E-state index in [9.17, 15) is 13.2 Å². The number of hydrazine groups is 1. The molecule has 0 saturated carbocycles. The first kappa shape index (κ1) is 22.1. The SMILES string of the molecule is O=C(CN(Cc1ccccc1)S(=O)(=O)c1ccccc1)NNC1=CCCCCCC1. The van der Waals surface area contributed by atoms with Gasteiger partial charge < -0.3 is 5.43 Å². The molecule has 6 nitrogen and oxygen atoms in total. The lowest BCUT2D eigenvalue weighted by atomic mass is 10.0. The zero-order chi connectivity index (χ0) is 21.2. The van der Waals surface area contributed by atoms with Crippen LogP contribution in [0.1, 0.15) is 44.1 Å². The maximum atomic E-state index is 13.2. The van der Waals surface area contributed by atoms with E-state index in [2.05, 4.69) is 16.9 Å². The van der Waals surface area contributed by atoms with Crippen molar-refractivity contribution in [1.29, 1.82) is 0 Å². The van der Waals surface area contributed by atoms with E-state index >= 15 is 0 Å². The molecule has 0 atom stereocenters. The first-order chi connectivity index (χ1) is 14.6. The van der Waals surface area contributed by atoms with Crippen LogP contribution in [0.5, 0.6) is 0 Å². The summed E-state index contributed by atoms with van der Waals surface area (Å²) in [6, 6.07) is 17.5. The van der Waals surface area contributed by atoms with E-state index in [0.717, 1.165) is 36.9 Å². The van der Waals surface area contributed by atoms with Crippen molar-refractivity contribution in [3.05, 3.63) is 78.0 Å². The lowest BCUT2D eigenvalue weighted by Gasteiger charge is -2.22.